The van der Waals surface area contributed by atoms with Gasteiger partial charge < -0.3 is 19.9 Å². The molecule has 2 aromatic rings. The molecule has 7 heteroatoms. The van der Waals surface area contributed by atoms with Crippen LogP contribution in [0, 0.1) is 0 Å². The van der Waals surface area contributed by atoms with Crippen LogP contribution < -0.4 is 10.1 Å². The highest BCUT2D eigenvalue weighted by Crippen LogP contribution is 2.24. The number of nitrogens with zero attached hydrogens (tertiary/aromatic N) is 3. The van der Waals surface area contributed by atoms with Crippen LogP contribution in [0.4, 0.5) is 5.69 Å². The number of carbonyl (C=O) groups excluding carboxylic acids is 2. The highest BCUT2D eigenvalue weighted by atomic mass is 16.5. The van der Waals surface area contributed by atoms with Crippen molar-refractivity contribution in [1.29, 1.82) is 0 Å². The Bertz CT molecular complexity index is 816. The second-order valence-electron chi connectivity index (χ2n) is 6.39. The van der Waals surface area contributed by atoms with Crippen molar-refractivity contribution in [3.8, 4) is 5.75 Å². The molecule has 0 bridgehead atoms. The quantitative estimate of drug-likeness (QED) is 0.875. The molecule has 1 aromatic heterocycles. The van der Waals surface area contributed by atoms with Gasteiger partial charge in [-0.3, -0.25) is 9.59 Å². The fraction of sp³-hybridized carbons (Fsp3) is 0.350. The number of ether oxygens (including phenoxy) is 1. The van der Waals surface area contributed by atoms with Crippen LogP contribution in [0.25, 0.3) is 0 Å². The van der Waals surface area contributed by atoms with Crippen LogP contribution in [0.2, 0.25) is 0 Å². The lowest BCUT2D eigenvalue weighted by Crippen LogP contribution is -2.47. The molecule has 1 saturated heterocycles. The fourth-order valence-corrected chi connectivity index (χ4v) is 2.89. The molecule has 1 fully saturated rings. The Morgan fingerprint density at radius 2 is 1.74 bits per heavy atom. The van der Waals surface area contributed by atoms with Crippen LogP contribution in [-0.2, 0) is 0 Å². The number of carbonyl (C=O) groups is 2. The number of amides is 2. The van der Waals surface area contributed by atoms with E-state index in [4.69, 9.17) is 4.74 Å². The molecule has 2 amide bonds. The first kappa shape index (κ1) is 18.8. The number of likely N-dealkylation sites (N-methyl/N-ethyl adjacent to an activating group) is 1. The summed E-state index contributed by atoms with van der Waals surface area (Å²) < 4.78 is 5.52. The predicted molar refractivity (Wildman–Crippen MR) is 103 cm³/mol. The molecule has 0 atom stereocenters. The average Bonchev–Trinajstić information content (AvgIpc) is 2.70. The van der Waals surface area contributed by atoms with Crippen molar-refractivity contribution in [3.05, 3.63) is 53.9 Å². The molecule has 27 heavy (non-hydrogen) atoms. The standard InChI is InChI=1S/C20H24N4O3/c1-3-27-18-10-5-4-7-15(18)22-19(25)16-8-6-9-17(21-16)20(26)24-13-11-23(2)12-14-24/h4-10H,3,11-14H2,1-2H3,(H,22,25). The molecule has 0 radical (unpaired) electrons. The Morgan fingerprint density at radius 3 is 2.48 bits per heavy atom. The predicted octanol–water partition coefficient (Wildman–Crippen LogP) is 2.12. The normalized spacial score (nSPS) is 14.7. The number of aromatic nitrogens is 1. The first-order valence-corrected chi connectivity index (χ1v) is 9.06. The van der Waals surface area contributed by atoms with Crippen LogP contribution >= 0.6 is 0 Å². The number of anilines is 1. The molecule has 1 aromatic carbocycles. The summed E-state index contributed by atoms with van der Waals surface area (Å²) in [6.07, 6.45) is 0. The van der Waals surface area contributed by atoms with E-state index < -0.39 is 0 Å². The monoisotopic (exact) mass is 368 g/mol. The lowest BCUT2D eigenvalue weighted by atomic mass is 10.2. The number of benzene rings is 1. The van der Waals surface area contributed by atoms with Crippen molar-refractivity contribution >= 4 is 17.5 Å². The lowest BCUT2D eigenvalue weighted by Gasteiger charge is -2.32. The first-order chi connectivity index (χ1) is 13.1. The molecule has 0 aliphatic carbocycles. The molecule has 3 rings (SSSR count). The molecule has 1 N–H and O–H groups in total. The Morgan fingerprint density at radius 1 is 1.04 bits per heavy atom. The lowest BCUT2D eigenvalue weighted by molar-refractivity contribution is 0.0658. The van der Waals surface area contributed by atoms with Gasteiger partial charge in [-0.1, -0.05) is 18.2 Å². The Kier molecular flexibility index (Phi) is 6.03. The summed E-state index contributed by atoms with van der Waals surface area (Å²) in [6.45, 7) is 5.37. The second kappa shape index (κ2) is 8.64. The van der Waals surface area contributed by atoms with Gasteiger partial charge in [0.2, 0.25) is 0 Å². The highest BCUT2D eigenvalue weighted by molar-refractivity contribution is 6.04. The van der Waals surface area contributed by atoms with Crippen molar-refractivity contribution < 1.29 is 14.3 Å². The van der Waals surface area contributed by atoms with Gasteiger partial charge in [-0.25, -0.2) is 4.98 Å². The summed E-state index contributed by atoms with van der Waals surface area (Å²) in [4.78, 5) is 33.5. The van der Waals surface area contributed by atoms with Crippen LogP contribution in [0.5, 0.6) is 5.75 Å². The topological polar surface area (TPSA) is 74.8 Å². The van der Waals surface area contributed by atoms with E-state index in [9.17, 15) is 9.59 Å². The number of pyridine rings is 1. The molecular weight excluding hydrogens is 344 g/mol. The zero-order valence-corrected chi connectivity index (χ0v) is 15.6. The molecule has 0 saturated carbocycles. The minimum Gasteiger partial charge on any atom is -0.492 e. The van der Waals surface area contributed by atoms with Gasteiger partial charge in [0.05, 0.1) is 12.3 Å². The summed E-state index contributed by atoms with van der Waals surface area (Å²) in [5.41, 5.74) is 1.05. The molecule has 1 aliphatic rings. The van der Waals surface area contributed by atoms with Gasteiger partial charge in [0, 0.05) is 26.2 Å². The largest absolute Gasteiger partial charge is 0.492 e. The smallest absolute Gasteiger partial charge is 0.274 e. The van der Waals surface area contributed by atoms with Gasteiger partial charge in [-0.2, -0.15) is 0 Å². The van der Waals surface area contributed by atoms with Gasteiger partial charge in [0.25, 0.3) is 11.8 Å². The maximum atomic E-state index is 12.7. The Labute approximate surface area is 158 Å². The van der Waals surface area contributed by atoms with E-state index in [1.165, 1.54) is 0 Å². The van der Waals surface area contributed by atoms with E-state index in [2.05, 4.69) is 15.2 Å². The number of rotatable bonds is 5. The molecule has 0 spiro atoms. The van der Waals surface area contributed by atoms with Crippen molar-refractivity contribution in [2.45, 2.75) is 6.92 Å². The van der Waals surface area contributed by atoms with E-state index >= 15 is 0 Å². The number of hydrogen-bond acceptors (Lipinski definition) is 5. The minimum atomic E-state index is -0.379. The maximum Gasteiger partial charge on any atom is 0.274 e. The van der Waals surface area contributed by atoms with Gasteiger partial charge in [-0.15, -0.1) is 0 Å². The van der Waals surface area contributed by atoms with Gasteiger partial charge >= 0.3 is 0 Å². The van der Waals surface area contributed by atoms with Crippen molar-refractivity contribution in [2.24, 2.45) is 0 Å². The van der Waals surface area contributed by atoms with Crippen LogP contribution in [0.15, 0.2) is 42.5 Å². The van der Waals surface area contributed by atoms with Gasteiger partial charge in [0.1, 0.15) is 17.1 Å². The van der Waals surface area contributed by atoms with E-state index in [1.54, 1.807) is 35.2 Å². The number of piperazine rings is 1. The summed E-state index contributed by atoms with van der Waals surface area (Å²) in [5.74, 6) is 0.0701. The van der Waals surface area contributed by atoms with Crippen LogP contribution in [0.3, 0.4) is 0 Å². The summed E-state index contributed by atoms with van der Waals surface area (Å²) in [6, 6.07) is 12.1. The van der Waals surface area contributed by atoms with Crippen molar-refractivity contribution in [1.82, 2.24) is 14.8 Å². The summed E-state index contributed by atoms with van der Waals surface area (Å²) in [5, 5.41) is 2.81. The molecular formula is C20H24N4O3. The third-order valence-corrected chi connectivity index (χ3v) is 4.43. The maximum absolute atomic E-state index is 12.7. The van der Waals surface area contributed by atoms with Gasteiger partial charge in [0.15, 0.2) is 0 Å². The summed E-state index contributed by atoms with van der Waals surface area (Å²) in [7, 11) is 2.03. The highest BCUT2D eigenvalue weighted by Gasteiger charge is 2.22. The fourth-order valence-electron chi connectivity index (χ4n) is 2.89. The Balaban J connectivity index is 1.73. The average molecular weight is 368 g/mol. The third kappa shape index (κ3) is 4.62. The summed E-state index contributed by atoms with van der Waals surface area (Å²) >= 11 is 0. The van der Waals surface area contributed by atoms with E-state index in [-0.39, 0.29) is 23.2 Å². The molecule has 2 heterocycles. The van der Waals surface area contributed by atoms with E-state index in [1.807, 2.05) is 26.1 Å². The zero-order valence-electron chi connectivity index (χ0n) is 15.6. The number of nitrogens with one attached hydrogen (secondary N) is 1. The van der Waals surface area contributed by atoms with Gasteiger partial charge in [-0.05, 0) is 38.2 Å². The van der Waals surface area contributed by atoms with Crippen molar-refractivity contribution in [3.63, 3.8) is 0 Å². The molecule has 1 aliphatic heterocycles. The zero-order chi connectivity index (χ0) is 19.2. The van der Waals surface area contributed by atoms with Crippen molar-refractivity contribution in [2.75, 3.05) is 45.2 Å². The van der Waals surface area contributed by atoms with Crippen LogP contribution in [0.1, 0.15) is 27.9 Å². The second-order valence-corrected chi connectivity index (χ2v) is 6.39. The molecule has 0 unspecified atom stereocenters. The van der Waals surface area contributed by atoms with E-state index in [0.29, 0.717) is 31.1 Å². The molecule has 7 nitrogen and oxygen atoms in total. The van der Waals surface area contributed by atoms with E-state index in [0.717, 1.165) is 13.1 Å². The number of hydrogen-bond donors (Lipinski definition) is 1. The first-order valence-electron chi connectivity index (χ1n) is 9.06. The SMILES string of the molecule is CCOc1ccccc1NC(=O)c1cccc(C(=O)N2CCN(C)CC2)n1. The molecule has 142 valence electrons. The third-order valence-electron chi connectivity index (χ3n) is 4.43. The Hall–Kier alpha value is -2.93. The van der Waals surface area contributed by atoms with Crippen LogP contribution in [-0.4, -0.2) is 66.4 Å². The number of para-hydroxylation sites is 2. The minimum absolute atomic E-state index is 0.146.